The number of nitriles is 1. The molecule has 0 fully saturated rings. The number of carbonyl (C=O) groups is 1. The predicted molar refractivity (Wildman–Crippen MR) is 78.3 cm³/mol. The van der Waals surface area contributed by atoms with Gasteiger partial charge in [0.1, 0.15) is 22.9 Å². The summed E-state index contributed by atoms with van der Waals surface area (Å²) in [6.07, 6.45) is -3.39. The summed E-state index contributed by atoms with van der Waals surface area (Å²) in [5.41, 5.74) is -2.09. The molecule has 0 spiro atoms. The monoisotopic (exact) mass is 387 g/mol. The van der Waals surface area contributed by atoms with Crippen LogP contribution in [0.3, 0.4) is 0 Å². The molecular formula is C16H6F5NO3S. The number of Topliss-reactive ketones (excluding diaryl/α,β-unsaturated/α-hetero) is 1. The number of hydrogen-bond donors (Lipinski definition) is 0. The maximum absolute atomic E-state index is 13.7. The minimum absolute atomic E-state index is 0.162. The van der Waals surface area contributed by atoms with Crippen LogP contribution in [0, 0.1) is 17.1 Å². The molecule has 0 amide bonds. The molecule has 1 atom stereocenters. The van der Waals surface area contributed by atoms with Crippen LogP contribution in [-0.2, 0) is 11.2 Å². The second-order valence-electron chi connectivity index (χ2n) is 5.16. The third-order valence-corrected chi connectivity index (χ3v) is 4.99. The van der Waals surface area contributed by atoms with Crippen molar-refractivity contribution in [1.29, 1.82) is 5.26 Å². The van der Waals surface area contributed by atoms with Crippen molar-refractivity contribution in [1.82, 2.24) is 0 Å². The maximum atomic E-state index is 13.7. The molecule has 0 saturated heterocycles. The molecule has 26 heavy (non-hydrogen) atoms. The maximum Gasteiger partial charge on any atom is 0.477 e. The van der Waals surface area contributed by atoms with Gasteiger partial charge < -0.3 is 9.29 Å². The highest BCUT2D eigenvalue weighted by Gasteiger charge is 2.62. The third kappa shape index (κ3) is 2.79. The zero-order valence-electron chi connectivity index (χ0n) is 12.4. The molecule has 10 heteroatoms. The van der Waals surface area contributed by atoms with E-state index in [0.717, 1.165) is 30.3 Å². The Morgan fingerprint density at radius 3 is 2.54 bits per heavy atom. The number of hydrogen-bond acceptors (Lipinski definition) is 4. The van der Waals surface area contributed by atoms with Gasteiger partial charge in [-0.1, -0.05) is 0 Å². The first-order valence-electron chi connectivity index (χ1n) is 6.85. The number of rotatable bonds is 3. The molecule has 2 aromatic rings. The first-order chi connectivity index (χ1) is 12.2. The second kappa shape index (κ2) is 6.26. The molecule has 1 aliphatic heterocycles. The van der Waals surface area contributed by atoms with Crippen LogP contribution < -0.4 is 4.74 Å². The Bertz CT molecular complexity index is 958. The van der Waals surface area contributed by atoms with Gasteiger partial charge in [-0.05, 0) is 24.3 Å². The van der Waals surface area contributed by atoms with Gasteiger partial charge in [0.15, 0.2) is 4.90 Å². The lowest BCUT2D eigenvalue weighted by atomic mass is 10.1. The van der Waals surface area contributed by atoms with Gasteiger partial charge in [-0.25, -0.2) is 13.2 Å². The third-order valence-electron chi connectivity index (χ3n) is 3.53. The summed E-state index contributed by atoms with van der Waals surface area (Å²) in [6.45, 7) is 0. The predicted octanol–water partition coefficient (Wildman–Crippen LogP) is 4.32. The average Bonchev–Trinajstić information content (AvgIpc) is 2.74. The quantitative estimate of drug-likeness (QED) is 0.581. The highest BCUT2D eigenvalue weighted by atomic mass is 32.2. The molecule has 3 rings (SSSR count). The summed E-state index contributed by atoms with van der Waals surface area (Å²) in [6, 6.07) is 5.97. The Kier molecular flexibility index (Phi) is 4.37. The number of nitrogens with zero attached hydrogens (tertiary/aromatic N) is 1. The highest BCUT2D eigenvalue weighted by Crippen LogP contribution is 2.48. The Hall–Kier alpha value is -2.64. The van der Waals surface area contributed by atoms with E-state index in [0.29, 0.717) is 0 Å². The molecule has 0 aliphatic carbocycles. The van der Waals surface area contributed by atoms with E-state index in [1.807, 2.05) is 0 Å². The summed E-state index contributed by atoms with van der Waals surface area (Å²) < 4.78 is 84.7. The van der Waals surface area contributed by atoms with Gasteiger partial charge in [-0.3, -0.25) is 4.79 Å². The Balaban J connectivity index is 2.14. The van der Waals surface area contributed by atoms with Crippen LogP contribution in [-0.4, -0.2) is 15.6 Å². The number of benzene rings is 2. The van der Waals surface area contributed by atoms with Crippen LogP contribution in [0.5, 0.6) is 11.5 Å². The Morgan fingerprint density at radius 1 is 1.23 bits per heavy atom. The number of ether oxygens (including phenoxy) is 1. The number of carbonyl (C=O) groups excluding carboxylic acids is 1. The van der Waals surface area contributed by atoms with Gasteiger partial charge in [-0.15, -0.1) is 8.78 Å². The van der Waals surface area contributed by atoms with Gasteiger partial charge in [0.05, 0.1) is 28.4 Å². The fourth-order valence-corrected chi connectivity index (χ4v) is 3.72. The molecule has 0 aromatic heterocycles. The standard InChI is InChI=1S/C16H6F5NO3S/c17-8-3-7(6-22)4-9(5-8)25-11-2-1-10-13(12(11)15(18)19)26(24)16(20,21)14(10)23/h1-5,15H. The smallest absolute Gasteiger partial charge is 0.477 e. The van der Waals surface area contributed by atoms with Crippen LogP contribution in [0.4, 0.5) is 22.0 Å². The molecule has 0 bridgehead atoms. The summed E-state index contributed by atoms with van der Waals surface area (Å²) >= 11 is -3.32. The molecule has 1 aliphatic rings. The van der Waals surface area contributed by atoms with Crippen molar-refractivity contribution in [2.45, 2.75) is 16.6 Å². The number of halogens is 5. The number of fused-ring (bicyclic) bond motifs is 1. The Morgan fingerprint density at radius 2 is 1.92 bits per heavy atom. The van der Waals surface area contributed by atoms with Gasteiger partial charge in [0.25, 0.3) is 12.2 Å². The molecule has 0 saturated carbocycles. The SMILES string of the molecule is N#Cc1cc(F)cc(Oc2ccc3c(c2C(F)F)[S+]([O-])C(F)(F)C3=O)c1. The first kappa shape index (κ1) is 18.2. The topological polar surface area (TPSA) is 73.2 Å². The van der Waals surface area contributed by atoms with E-state index in [2.05, 4.69) is 0 Å². The van der Waals surface area contributed by atoms with Crippen molar-refractivity contribution in [3.8, 4) is 17.6 Å². The Labute approximate surface area is 146 Å². The van der Waals surface area contributed by atoms with Crippen LogP contribution in [0.1, 0.15) is 27.9 Å². The van der Waals surface area contributed by atoms with Gasteiger partial charge in [0, 0.05) is 6.07 Å². The van der Waals surface area contributed by atoms with Gasteiger partial charge >= 0.3 is 5.25 Å². The minimum atomic E-state index is -4.32. The number of ketones is 1. The van der Waals surface area contributed by atoms with E-state index in [-0.39, 0.29) is 11.3 Å². The fourth-order valence-electron chi connectivity index (χ4n) is 2.44. The highest BCUT2D eigenvalue weighted by molar-refractivity contribution is 7.94. The lowest BCUT2D eigenvalue weighted by Gasteiger charge is -2.15. The largest absolute Gasteiger partial charge is 0.606 e. The normalized spacial score (nSPS) is 17.9. The van der Waals surface area contributed by atoms with Crippen molar-refractivity contribution < 1.29 is 36.0 Å². The molecule has 2 aromatic carbocycles. The zero-order valence-corrected chi connectivity index (χ0v) is 13.3. The lowest BCUT2D eigenvalue weighted by molar-refractivity contribution is 0.0549. The molecule has 0 radical (unpaired) electrons. The van der Waals surface area contributed by atoms with E-state index in [1.54, 1.807) is 6.07 Å². The molecule has 0 N–H and O–H groups in total. The fraction of sp³-hybridized carbons (Fsp3) is 0.125. The van der Waals surface area contributed by atoms with Crippen LogP contribution in [0.15, 0.2) is 35.2 Å². The molecular weight excluding hydrogens is 381 g/mol. The van der Waals surface area contributed by atoms with Crippen LogP contribution in [0.2, 0.25) is 0 Å². The molecule has 4 nitrogen and oxygen atoms in total. The summed E-state index contributed by atoms with van der Waals surface area (Å²) in [5.74, 6) is -3.72. The summed E-state index contributed by atoms with van der Waals surface area (Å²) in [7, 11) is 0. The van der Waals surface area contributed by atoms with Crippen molar-refractivity contribution in [3.63, 3.8) is 0 Å². The van der Waals surface area contributed by atoms with Gasteiger partial charge in [0.2, 0.25) is 0 Å². The average molecular weight is 387 g/mol. The van der Waals surface area contributed by atoms with Crippen molar-refractivity contribution in [2.75, 3.05) is 0 Å². The minimum Gasteiger partial charge on any atom is -0.606 e. The zero-order chi connectivity index (χ0) is 19.2. The van der Waals surface area contributed by atoms with Crippen LogP contribution in [0.25, 0.3) is 0 Å². The van der Waals surface area contributed by atoms with Crippen molar-refractivity contribution in [2.24, 2.45) is 0 Å². The van der Waals surface area contributed by atoms with Crippen molar-refractivity contribution in [3.05, 3.63) is 52.8 Å². The van der Waals surface area contributed by atoms with E-state index < -0.39 is 56.2 Å². The van der Waals surface area contributed by atoms with Gasteiger partial charge in [-0.2, -0.15) is 5.26 Å². The van der Waals surface area contributed by atoms with Crippen LogP contribution >= 0.6 is 0 Å². The van der Waals surface area contributed by atoms with E-state index in [4.69, 9.17) is 10.00 Å². The van der Waals surface area contributed by atoms with E-state index >= 15 is 0 Å². The second-order valence-corrected chi connectivity index (χ2v) is 6.62. The molecule has 1 unspecified atom stereocenters. The van der Waals surface area contributed by atoms with E-state index in [9.17, 15) is 31.3 Å². The first-order valence-corrected chi connectivity index (χ1v) is 8.00. The number of alkyl halides is 4. The summed E-state index contributed by atoms with van der Waals surface area (Å²) in [5, 5.41) is 4.47. The molecule has 134 valence electrons. The van der Waals surface area contributed by atoms with Crippen molar-refractivity contribution >= 4 is 17.0 Å². The summed E-state index contributed by atoms with van der Waals surface area (Å²) in [4.78, 5) is 10.6. The van der Waals surface area contributed by atoms with E-state index in [1.165, 1.54) is 0 Å². The lowest BCUT2D eigenvalue weighted by Crippen LogP contribution is -2.30. The molecule has 1 heterocycles.